The number of amides is 1. The molecule has 2 rings (SSSR count). The van der Waals surface area contributed by atoms with E-state index in [9.17, 15) is 9.90 Å². The van der Waals surface area contributed by atoms with Gasteiger partial charge in [-0.15, -0.1) is 0 Å². The predicted molar refractivity (Wildman–Crippen MR) is 67.5 cm³/mol. The average molecular weight is 240 g/mol. The number of carbonyl (C=O) groups is 1. The van der Waals surface area contributed by atoms with Crippen LogP contribution in [0.1, 0.15) is 11.1 Å². The Labute approximate surface area is 106 Å². The van der Waals surface area contributed by atoms with E-state index in [1.54, 1.807) is 0 Å². The molecule has 0 heterocycles. The Kier molecular flexibility index (Phi) is 3.97. The van der Waals surface area contributed by atoms with Crippen LogP contribution in [0.25, 0.3) is 0 Å². The second kappa shape index (κ2) is 5.87. The van der Waals surface area contributed by atoms with Crippen LogP contribution < -0.4 is 5.11 Å². The first-order valence-corrected chi connectivity index (χ1v) is 5.79. The van der Waals surface area contributed by atoms with Crippen molar-refractivity contribution >= 4 is 6.09 Å². The molecule has 0 radical (unpaired) electrons. The molecule has 2 aromatic carbocycles. The van der Waals surface area contributed by atoms with Gasteiger partial charge in [0.05, 0.1) is 0 Å². The summed E-state index contributed by atoms with van der Waals surface area (Å²) < 4.78 is 0. The topological polar surface area (TPSA) is 43.4 Å². The van der Waals surface area contributed by atoms with Gasteiger partial charge in [0.15, 0.2) is 0 Å². The molecule has 0 saturated heterocycles. The molecule has 0 atom stereocenters. The highest BCUT2D eigenvalue weighted by molar-refractivity contribution is 5.62. The SMILES string of the molecule is O=C([O-])N(Cc1ccccc1)Cc1ccccc1. The summed E-state index contributed by atoms with van der Waals surface area (Å²) in [5, 5.41) is 11.1. The fourth-order valence-corrected chi connectivity index (χ4v) is 1.79. The van der Waals surface area contributed by atoms with E-state index in [-0.39, 0.29) is 0 Å². The Hall–Kier alpha value is -2.29. The molecule has 0 aromatic heterocycles. The highest BCUT2D eigenvalue weighted by Gasteiger charge is 2.06. The Morgan fingerprint density at radius 2 is 1.22 bits per heavy atom. The van der Waals surface area contributed by atoms with Crippen LogP contribution in [0.3, 0.4) is 0 Å². The molecular formula is C15H14NO2-. The number of carboxylic acid groups (broad SMARTS) is 1. The standard InChI is InChI=1S/C15H15NO2/c17-15(18)16(11-13-7-3-1-4-8-13)12-14-9-5-2-6-10-14/h1-10H,11-12H2,(H,17,18)/p-1. The van der Waals surface area contributed by atoms with Crippen molar-refractivity contribution in [1.29, 1.82) is 0 Å². The first kappa shape index (κ1) is 12.2. The van der Waals surface area contributed by atoms with Crippen molar-refractivity contribution in [3.05, 3.63) is 71.8 Å². The van der Waals surface area contributed by atoms with Crippen molar-refractivity contribution in [2.75, 3.05) is 0 Å². The Balaban J connectivity index is 2.08. The Morgan fingerprint density at radius 1 is 0.833 bits per heavy atom. The molecule has 0 bridgehead atoms. The molecule has 2 aromatic rings. The van der Waals surface area contributed by atoms with Crippen molar-refractivity contribution in [2.45, 2.75) is 13.1 Å². The van der Waals surface area contributed by atoms with E-state index in [2.05, 4.69) is 0 Å². The molecule has 0 unspecified atom stereocenters. The monoisotopic (exact) mass is 240 g/mol. The minimum Gasteiger partial charge on any atom is -0.530 e. The van der Waals surface area contributed by atoms with Crippen LogP contribution in [0.4, 0.5) is 4.79 Å². The van der Waals surface area contributed by atoms with Crippen LogP contribution in [0.15, 0.2) is 60.7 Å². The molecule has 3 nitrogen and oxygen atoms in total. The lowest BCUT2D eigenvalue weighted by atomic mass is 10.2. The maximum atomic E-state index is 11.1. The quantitative estimate of drug-likeness (QED) is 0.820. The normalized spacial score (nSPS) is 10.0. The fraction of sp³-hybridized carbons (Fsp3) is 0.133. The van der Waals surface area contributed by atoms with Gasteiger partial charge in [-0.05, 0) is 11.1 Å². The number of hydrogen-bond acceptors (Lipinski definition) is 2. The van der Waals surface area contributed by atoms with Crippen LogP contribution in [0, 0.1) is 0 Å². The number of carbonyl (C=O) groups excluding carboxylic acids is 1. The second-order valence-corrected chi connectivity index (χ2v) is 4.09. The minimum absolute atomic E-state index is 0.345. The molecule has 0 aliphatic carbocycles. The van der Waals surface area contributed by atoms with Gasteiger partial charge in [0.2, 0.25) is 0 Å². The number of hydrogen-bond donors (Lipinski definition) is 0. The van der Waals surface area contributed by atoms with E-state index in [0.717, 1.165) is 11.1 Å². The molecule has 1 amide bonds. The zero-order valence-electron chi connectivity index (χ0n) is 9.95. The van der Waals surface area contributed by atoms with Crippen LogP contribution in [-0.2, 0) is 13.1 Å². The molecule has 3 heteroatoms. The smallest absolute Gasteiger partial charge is 0.137 e. The lowest BCUT2D eigenvalue weighted by Gasteiger charge is -2.25. The van der Waals surface area contributed by atoms with Crippen LogP contribution in [0.5, 0.6) is 0 Å². The van der Waals surface area contributed by atoms with Gasteiger partial charge >= 0.3 is 0 Å². The highest BCUT2D eigenvalue weighted by atomic mass is 16.4. The van der Waals surface area contributed by atoms with Crippen LogP contribution in [0.2, 0.25) is 0 Å². The summed E-state index contributed by atoms with van der Waals surface area (Å²) in [6.45, 7) is 0.691. The first-order chi connectivity index (χ1) is 8.75. The molecule has 0 fully saturated rings. The zero-order chi connectivity index (χ0) is 12.8. The van der Waals surface area contributed by atoms with Crippen molar-refractivity contribution in [2.24, 2.45) is 0 Å². The third kappa shape index (κ3) is 3.35. The van der Waals surface area contributed by atoms with Gasteiger partial charge in [-0.3, -0.25) is 0 Å². The van der Waals surface area contributed by atoms with E-state index in [1.807, 2.05) is 60.7 Å². The molecule has 0 saturated carbocycles. The van der Waals surface area contributed by atoms with Gasteiger partial charge in [0.1, 0.15) is 6.09 Å². The lowest BCUT2D eigenvalue weighted by molar-refractivity contribution is -0.267. The summed E-state index contributed by atoms with van der Waals surface area (Å²) in [5.74, 6) is 0. The third-order valence-electron chi connectivity index (χ3n) is 2.69. The molecule has 0 aliphatic rings. The van der Waals surface area contributed by atoms with Gasteiger partial charge < -0.3 is 14.8 Å². The zero-order valence-corrected chi connectivity index (χ0v) is 9.95. The number of rotatable bonds is 4. The molecular weight excluding hydrogens is 226 g/mol. The average Bonchev–Trinajstić information content (AvgIpc) is 2.40. The van der Waals surface area contributed by atoms with E-state index >= 15 is 0 Å². The van der Waals surface area contributed by atoms with E-state index < -0.39 is 6.09 Å². The van der Waals surface area contributed by atoms with Gasteiger partial charge in [0.25, 0.3) is 0 Å². The fourth-order valence-electron chi connectivity index (χ4n) is 1.79. The molecule has 92 valence electrons. The summed E-state index contributed by atoms with van der Waals surface area (Å²) in [5.41, 5.74) is 1.91. The Morgan fingerprint density at radius 3 is 1.56 bits per heavy atom. The first-order valence-electron chi connectivity index (χ1n) is 5.79. The summed E-state index contributed by atoms with van der Waals surface area (Å²) in [4.78, 5) is 12.4. The highest BCUT2D eigenvalue weighted by Crippen LogP contribution is 2.09. The van der Waals surface area contributed by atoms with Crippen LogP contribution in [-0.4, -0.2) is 11.0 Å². The van der Waals surface area contributed by atoms with E-state index in [0.29, 0.717) is 13.1 Å². The van der Waals surface area contributed by atoms with Gasteiger partial charge in [-0.1, -0.05) is 60.7 Å². The molecule has 0 aliphatic heterocycles. The summed E-state index contributed by atoms with van der Waals surface area (Å²) in [7, 11) is 0. The van der Waals surface area contributed by atoms with E-state index in [1.165, 1.54) is 4.90 Å². The van der Waals surface area contributed by atoms with Gasteiger partial charge in [0, 0.05) is 13.1 Å². The largest absolute Gasteiger partial charge is 0.530 e. The minimum atomic E-state index is -1.15. The maximum absolute atomic E-state index is 11.1. The summed E-state index contributed by atoms with van der Waals surface area (Å²) in [6.07, 6.45) is -1.15. The maximum Gasteiger partial charge on any atom is 0.137 e. The van der Waals surface area contributed by atoms with Gasteiger partial charge in [-0.2, -0.15) is 0 Å². The Bertz CT molecular complexity index is 455. The van der Waals surface area contributed by atoms with Gasteiger partial charge in [-0.25, -0.2) is 0 Å². The van der Waals surface area contributed by atoms with Crippen molar-refractivity contribution < 1.29 is 9.90 Å². The molecule has 0 N–H and O–H groups in total. The molecule has 0 spiro atoms. The second-order valence-electron chi connectivity index (χ2n) is 4.09. The van der Waals surface area contributed by atoms with Crippen molar-refractivity contribution in [1.82, 2.24) is 4.90 Å². The van der Waals surface area contributed by atoms with Crippen molar-refractivity contribution in [3.8, 4) is 0 Å². The number of benzene rings is 2. The lowest BCUT2D eigenvalue weighted by Crippen LogP contribution is -2.40. The van der Waals surface area contributed by atoms with Crippen molar-refractivity contribution in [3.63, 3.8) is 0 Å². The predicted octanol–water partition coefficient (Wildman–Crippen LogP) is 2.03. The summed E-state index contributed by atoms with van der Waals surface area (Å²) >= 11 is 0. The van der Waals surface area contributed by atoms with E-state index in [4.69, 9.17) is 0 Å². The summed E-state index contributed by atoms with van der Waals surface area (Å²) in [6, 6.07) is 19.0. The molecule has 18 heavy (non-hydrogen) atoms. The van der Waals surface area contributed by atoms with Crippen LogP contribution >= 0.6 is 0 Å². The third-order valence-corrected chi connectivity index (χ3v) is 2.69. The number of nitrogens with zero attached hydrogens (tertiary/aromatic N) is 1.